The van der Waals surface area contributed by atoms with Crippen molar-refractivity contribution in [1.29, 1.82) is 0 Å². The average Bonchev–Trinajstić information content (AvgIpc) is 2.61. The van der Waals surface area contributed by atoms with Crippen LogP contribution in [0.1, 0.15) is 0 Å². The molecule has 0 spiro atoms. The van der Waals surface area contributed by atoms with Crippen molar-refractivity contribution in [3.63, 3.8) is 0 Å². The van der Waals surface area contributed by atoms with Crippen molar-refractivity contribution in [2.75, 3.05) is 0 Å². The second kappa shape index (κ2) is 4.47. The number of rotatable bonds is 0. The number of phenolic OH excluding ortho intramolecular Hbond substituents is 1. The molecule has 0 bridgehead atoms. The molecule has 5 rings (SSSR count). The van der Waals surface area contributed by atoms with Crippen LogP contribution in [0.25, 0.3) is 43.1 Å². The first-order chi connectivity index (χ1) is 11.3. The number of fused-ring (bicyclic) bond motifs is 7. The number of hydrogen-bond donors (Lipinski definition) is 1. The van der Waals surface area contributed by atoms with Gasteiger partial charge < -0.3 is 5.11 Å². The van der Waals surface area contributed by atoms with Gasteiger partial charge >= 0.3 is 0 Å². The molecule has 0 fully saturated rings. The summed E-state index contributed by atoms with van der Waals surface area (Å²) in [5, 5.41) is 19.6. The zero-order chi connectivity index (χ0) is 15.4. The van der Waals surface area contributed by atoms with E-state index >= 15 is 0 Å². The maximum atomic E-state index is 10.3. The largest absolute Gasteiger partial charge is 0.507 e. The van der Waals surface area contributed by atoms with Gasteiger partial charge in [-0.05, 0) is 43.8 Å². The van der Waals surface area contributed by atoms with Gasteiger partial charge in [0.05, 0.1) is 0 Å². The first kappa shape index (κ1) is 12.5. The third kappa shape index (κ3) is 1.68. The number of hydrogen-bond acceptors (Lipinski definition) is 1. The Morgan fingerprint density at radius 1 is 0.478 bits per heavy atom. The molecule has 1 nitrogen and oxygen atoms in total. The van der Waals surface area contributed by atoms with Gasteiger partial charge in [-0.15, -0.1) is 0 Å². The molecule has 0 aliphatic rings. The molecule has 23 heavy (non-hydrogen) atoms. The van der Waals surface area contributed by atoms with E-state index in [9.17, 15) is 5.11 Å². The maximum absolute atomic E-state index is 10.3. The first-order valence-electron chi connectivity index (χ1n) is 7.78. The average molecular weight is 294 g/mol. The van der Waals surface area contributed by atoms with Crippen LogP contribution in [-0.2, 0) is 0 Å². The van der Waals surface area contributed by atoms with Crippen LogP contribution in [0.3, 0.4) is 0 Å². The molecule has 0 unspecified atom stereocenters. The van der Waals surface area contributed by atoms with E-state index in [2.05, 4.69) is 54.6 Å². The van der Waals surface area contributed by atoms with E-state index in [1.165, 1.54) is 26.9 Å². The standard InChI is InChI=1S/C22H14O/c23-21-13-15-10-11-17-16-6-2-1-5-14(16)9-12-20(17)22(15)19-8-4-3-7-18(19)21/h1-13,23H. The second-order valence-electron chi connectivity index (χ2n) is 5.99. The Morgan fingerprint density at radius 3 is 1.96 bits per heavy atom. The van der Waals surface area contributed by atoms with Crippen LogP contribution in [0.5, 0.6) is 5.75 Å². The van der Waals surface area contributed by atoms with Gasteiger partial charge in [0.2, 0.25) is 0 Å². The lowest BCUT2D eigenvalue weighted by molar-refractivity contribution is 0.482. The van der Waals surface area contributed by atoms with Crippen molar-refractivity contribution in [3.8, 4) is 5.75 Å². The van der Waals surface area contributed by atoms with Crippen molar-refractivity contribution < 1.29 is 5.11 Å². The van der Waals surface area contributed by atoms with E-state index in [0.717, 1.165) is 16.2 Å². The molecule has 0 radical (unpaired) electrons. The van der Waals surface area contributed by atoms with E-state index in [-0.39, 0.29) is 0 Å². The summed E-state index contributed by atoms with van der Waals surface area (Å²) in [6, 6.07) is 27.0. The summed E-state index contributed by atoms with van der Waals surface area (Å²) in [7, 11) is 0. The zero-order valence-electron chi connectivity index (χ0n) is 12.5. The molecular weight excluding hydrogens is 280 g/mol. The Morgan fingerprint density at radius 2 is 1.09 bits per heavy atom. The highest BCUT2D eigenvalue weighted by molar-refractivity contribution is 6.25. The summed E-state index contributed by atoms with van der Waals surface area (Å²) in [6.07, 6.45) is 0. The van der Waals surface area contributed by atoms with Gasteiger partial charge in [0.15, 0.2) is 0 Å². The molecule has 0 saturated heterocycles. The summed E-state index contributed by atoms with van der Waals surface area (Å²) >= 11 is 0. The lowest BCUT2D eigenvalue weighted by Gasteiger charge is -2.11. The Kier molecular flexibility index (Phi) is 2.42. The van der Waals surface area contributed by atoms with E-state index in [4.69, 9.17) is 0 Å². The third-order valence-corrected chi connectivity index (χ3v) is 4.72. The molecule has 5 aromatic rings. The van der Waals surface area contributed by atoms with Crippen molar-refractivity contribution in [1.82, 2.24) is 0 Å². The van der Waals surface area contributed by atoms with Gasteiger partial charge in [0.1, 0.15) is 5.75 Å². The molecular formula is C22H14O. The van der Waals surface area contributed by atoms with Crippen molar-refractivity contribution >= 4 is 43.1 Å². The number of benzene rings is 5. The fourth-order valence-corrected chi connectivity index (χ4v) is 3.68. The summed E-state index contributed by atoms with van der Waals surface area (Å²) in [6.45, 7) is 0. The van der Waals surface area contributed by atoms with E-state index < -0.39 is 0 Å². The molecule has 0 aliphatic carbocycles. The molecule has 0 aliphatic heterocycles. The van der Waals surface area contributed by atoms with Crippen molar-refractivity contribution in [2.24, 2.45) is 0 Å². The highest BCUT2D eigenvalue weighted by Crippen LogP contribution is 2.38. The summed E-state index contributed by atoms with van der Waals surface area (Å²) in [5.41, 5.74) is 0. The van der Waals surface area contributed by atoms with Crippen LogP contribution < -0.4 is 0 Å². The van der Waals surface area contributed by atoms with Crippen LogP contribution in [0.15, 0.2) is 78.9 Å². The van der Waals surface area contributed by atoms with Crippen LogP contribution >= 0.6 is 0 Å². The highest BCUT2D eigenvalue weighted by Gasteiger charge is 2.10. The van der Waals surface area contributed by atoms with Crippen LogP contribution in [0.2, 0.25) is 0 Å². The van der Waals surface area contributed by atoms with Gasteiger partial charge in [-0.3, -0.25) is 0 Å². The van der Waals surface area contributed by atoms with Crippen LogP contribution in [0.4, 0.5) is 0 Å². The monoisotopic (exact) mass is 294 g/mol. The van der Waals surface area contributed by atoms with Crippen molar-refractivity contribution in [3.05, 3.63) is 78.9 Å². The third-order valence-electron chi connectivity index (χ3n) is 4.72. The van der Waals surface area contributed by atoms with Crippen LogP contribution in [0, 0.1) is 0 Å². The van der Waals surface area contributed by atoms with Gasteiger partial charge in [-0.2, -0.15) is 0 Å². The second-order valence-corrected chi connectivity index (χ2v) is 5.99. The number of phenols is 1. The van der Waals surface area contributed by atoms with Gasteiger partial charge in [0, 0.05) is 5.39 Å². The Hall–Kier alpha value is -3.06. The predicted octanol–water partition coefficient (Wildman–Crippen LogP) is 6.01. The lowest BCUT2D eigenvalue weighted by Crippen LogP contribution is -1.83. The predicted molar refractivity (Wildman–Crippen MR) is 98.1 cm³/mol. The van der Waals surface area contributed by atoms with Gasteiger partial charge in [-0.1, -0.05) is 72.8 Å². The Labute approximate surface area is 133 Å². The fourth-order valence-electron chi connectivity index (χ4n) is 3.68. The molecule has 0 heterocycles. The Bertz CT molecular complexity index is 1220. The number of aromatic hydroxyl groups is 1. The normalized spacial score (nSPS) is 11.7. The molecule has 0 atom stereocenters. The van der Waals surface area contributed by atoms with Crippen LogP contribution in [-0.4, -0.2) is 5.11 Å². The summed E-state index contributed by atoms with van der Waals surface area (Å²) in [4.78, 5) is 0. The fraction of sp³-hybridized carbons (Fsp3) is 0. The highest BCUT2D eigenvalue weighted by atomic mass is 16.3. The topological polar surface area (TPSA) is 20.2 Å². The molecule has 0 aromatic heterocycles. The van der Waals surface area contributed by atoms with E-state index in [0.29, 0.717) is 5.75 Å². The summed E-state index contributed by atoms with van der Waals surface area (Å²) < 4.78 is 0. The minimum atomic E-state index is 0.341. The first-order valence-corrected chi connectivity index (χ1v) is 7.78. The Balaban J connectivity index is 2.11. The van der Waals surface area contributed by atoms with Crippen molar-refractivity contribution in [2.45, 2.75) is 0 Å². The lowest BCUT2D eigenvalue weighted by atomic mass is 9.93. The van der Waals surface area contributed by atoms with Gasteiger partial charge in [-0.25, -0.2) is 0 Å². The molecule has 108 valence electrons. The molecule has 1 heteroatoms. The minimum absolute atomic E-state index is 0.341. The minimum Gasteiger partial charge on any atom is -0.507 e. The molecule has 5 aromatic carbocycles. The smallest absolute Gasteiger partial charge is 0.124 e. The zero-order valence-corrected chi connectivity index (χ0v) is 12.5. The molecule has 0 saturated carbocycles. The van der Waals surface area contributed by atoms with E-state index in [1.54, 1.807) is 0 Å². The molecule has 0 amide bonds. The van der Waals surface area contributed by atoms with E-state index in [1.807, 2.05) is 24.3 Å². The molecule has 1 N–H and O–H groups in total. The van der Waals surface area contributed by atoms with Gasteiger partial charge in [0.25, 0.3) is 0 Å². The SMILES string of the molecule is Oc1cc2ccc3c4ccccc4ccc3c2c2ccccc12. The maximum Gasteiger partial charge on any atom is 0.124 e. The summed E-state index contributed by atoms with van der Waals surface area (Å²) in [5.74, 6) is 0.341. The quantitative estimate of drug-likeness (QED) is 0.347.